The van der Waals surface area contributed by atoms with Gasteiger partial charge in [-0.25, -0.2) is 5.01 Å². The maximum atomic E-state index is 12.2. The van der Waals surface area contributed by atoms with E-state index in [1.165, 1.54) is 16.7 Å². The first-order valence-electron chi connectivity index (χ1n) is 8.93. The second-order valence-corrected chi connectivity index (χ2v) is 6.78. The zero-order valence-electron chi connectivity index (χ0n) is 14.4. The van der Waals surface area contributed by atoms with Crippen LogP contribution in [-0.4, -0.2) is 16.6 Å². The van der Waals surface area contributed by atoms with E-state index in [4.69, 9.17) is 5.10 Å². The molecule has 2 aromatic rings. The molecule has 2 atom stereocenters. The van der Waals surface area contributed by atoms with Crippen LogP contribution < -0.4 is 0 Å². The lowest BCUT2D eigenvalue weighted by molar-refractivity contribution is -0.131. The van der Waals surface area contributed by atoms with Gasteiger partial charge in [0, 0.05) is 12.8 Å². The van der Waals surface area contributed by atoms with Gasteiger partial charge in [-0.15, -0.1) is 0 Å². The summed E-state index contributed by atoms with van der Waals surface area (Å²) in [5.74, 6) is 0.296. The average molecular weight is 330 g/mol. The Bertz CT molecular complexity index is 824. The summed E-state index contributed by atoms with van der Waals surface area (Å²) in [7, 11) is 0. The molecule has 126 valence electrons. The second kappa shape index (κ2) is 6.67. The Labute approximate surface area is 148 Å². The van der Waals surface area contributed by atoms with Crippen molar-refractivity contribution < 1.29 is 4.79 Å². The molecule has 1 fully saturated rings. The van der Waals surface area contributed by atoms with Crippen molar-refractivity contribution in [3.8, 4) is 0 Å². The van der Waals surface area contributed by atoms with Crippen LogP contribution >= 0.6 is 0 Å². The fraction of sp³-hybridized carbons (Fsp3) is 0.273. The summed E-state index contributed by atoms with van der Waals surface area (Å²) in [5.41, 5.74) is 4.73. The van der Waals surface area contributed by atoms with Crippen molar-refractivity contribution in [2.75, 3.05) is 0 Å². The highest BCUT2D eigenvalue weighted by atomic mass is 16.2. The topological polar surface area (TPSA) is 32.7 Å². The van der Waals surface area contributed by atoms with Crippen molar-refractivity contribution in [3.05, 3.63) is 77.4 Å². The standard InChI is InChI=1S/C22H22N2O/c1-16(25)24-22(18-11-6-3-7-12-18)20-14-8-13-19(21(20)23-24)15-17-9-4-2-5-10-17/h2-7,9-12,15,20,22H,8,13-14H2,1H3/b19-15+/t20-,22+/m0/s1. The fourth-order valence-corrected chi connectivity index (χ4v) is 4.00. The van der Waals surface area contributed by atoms with Gasteiger partial charge in [-0.1, -0.05) is 60.7 Å². The summed E-state index contributed by atoms with van der Waals surface area (Å²) in [6.07, 6.45) is 5.47. The van der Waals surface area contributed by atoms with Crippen molar-refractivity contribution in [1.29, 1.82) is 0 Å². The van der Waals surface area contributed by atoms with Gasteiger partial charge < -0.3 is 0 Å². The molecule has 1 aliphatic carbocycles. The Balaban J connectivity index is 1.74. The van der Waals surface area contributed by atoms with Gasteiger partial charge in [0.1, 0.15) is 0 Å². The molecule has 0 aromatic heterocycles. The molecule has 1 amide bonds. The van der Waals surface area contributed by atoms with Gasteiger partial charge in [0.2, 0.25) is 5.91 Å². The van der Waals surface area contributed by atoms with Gasteiger partial charge in [0.25, 0.3) is 0 Å². The molecule has 4 rings (SSSR count). The van der Waals surface area contributed by atoms with E-state index in [2.05, 4.69) is 42.5 Å². The van der Waals surface area contributed by atoms with Gasteiger partial charge in [-0.3, -0.25) is 4.79 Å². The molecule has 2 aliphatic rings. The van der Waals surface area contributed by atoms with Crippen molar-refractivity contribution in [2.45, 2.75) is 32.2 Å². The molecule has 0 unspecified atom stereocenters. The molecule has 25 heavy (non-hydrogen) atoms. The monoisotopic (exact) mass is 330 g/mol. The zero-order chi connectivity index (χ0) is 17.2. The van der Waals surface area contributed by atoms with E-state index < -0.39 is 0 Å². The van der Waals surface area contributed by atoms with Crippen LogP contribution in [0.25, 0.3) is 6.08 Å². The number of carbonyl (C=O) groups is 1. The number of nitrogens with zero attached hydrogens (tertiary/aromatic N) is 2. The number of amides is 1. The Morgan fingerprint density at radius 3 is 2.44 bits per heavy atom. The van der Waals surface area contributed by atoms with Crippen LogP contribution in [-0.2, 0) is 4.79 Å². The number of hydrazone groups is 1. The number of allylic oxidation sites excluding steroid dienone is 1. The number of carbonyl (C=O) groups excluding carboxylic acids is 1. The Kier molecular flexibility index (Phi) is 4.22. The molecular formula is C22H22N2O. The van der Waals surface area contributed by atoms with E-state index in [0.29, 0.717) is 0 Å². The quantitative estimate of drug-likeness (QED) is 0.776. The zero-order valence-corrected chi connectivity index (χ0v) is 14.4. The van der Waals surface area contributed by atoms with Crippen LogP contribution in [0.1, 0.15) is 43.4 Å². The summed E-state index contributed by atoms with van der Waals surface area (Å²) in [6.45, 7) is 1.61. The third kappa shape index (κ3) is 3.02. The number of hydrogen-bond acceptors (Lipinski definition) is 2. The van der Waals surface area contributed by atoms with Crippen LogP contribution in [0.15, 0.2) is 71.3 Å². The molecule has 3 heteroatoms. The predicted molar refractivity (Wildman–Crippen MR) is 101 cm³/mol. The highest BCUT2D eigenvalue weighted by molar-refractivity contribution is 6.08. The van der Waals surface area contributed by atoms with Crippen molar-refractivity contribution >= 4 is 17.7 Å². The first-order chi connectivity index (χ1) is 12.2. The average Bonchev–Trinajstić information content (AvgIpc) is 3.04. The maximum absolute atomic E-state index is 12.2. The number of hydrogen-bond donors (Lipinski definition) is 0. The smallest absolute Gasteiger partial charge is 0.240 e. The molecule has 1 heterocycles. The third-order valence-electron chi connectivity index (χ3n) is 5.11. The first-order valence-corrected chi connectivity index (χ1v) is 8.93. The molecule has 0 spiro atoms. The van der Waals surface area contributed by atoms with Gasteiger partial charge in [-0.05, 0) is 42.0 Å². The Morgan fingerprint density at radius 2 is 1.76 bits per heavy atom. The van der Waals surface area contributed by atoms with Crippen LogP contribution in [0.2, 0.25) is 0 Å². The Hall–Kier alpha value is -2.68. The second-order valence-electron chi connectivity index (χ2n) is 6.78. The summed E-state index contributed by atoms with van der Waals surface area (Å²) < 4.78 is 0. The molecule has 0 saturated heterocycles. The molecular weight excluding hydrogens is 308 g/mol. The minimum absolute atomic E-state index is 0.00909. The van der Waals surface area contributed by atoms with Gasteiger partial charge in [-0.2, -0.15) is 5.10 Å². The van der Waals surface area contributed by atoms with E-state index in [1.54, 1.807) is 11.9 Å². The van der Waals surface area contributed by atoms with Crippen LogP contribution in [0, 0.1) is 5.92 Å². The Morgan fingerprint density at radius 1 is 1.08 bits per heavy atom. The van der Waals surface area contributed by atoms with Crippen LogP contribution in [0.4, 0.5) is 0 Å². The normalized spacial score (nSPS) is 24.1. The lowest BCUT2D eigenvalue weighted by Gasteiger charge is -2.29. The highest BCUT2D eigenvalue weighted by Crippen LogP contribution is 2.44. The molecule has 0 radical (unpaired) electrons. The lowest BCUT2D eigenvalue weighted by Crippen LogP contribution is -2.30. The third-order valence-corrected chi connectivity index (χ3v) is 5.11. The minimum Gasteiger partial charge on any atom is -0.273 e. The number of rotatable bonds is 2. The summed E-state index contributed by atoms with van der Waals surface area (Å²) in [5, 5.41) is 6.47. The van der Waals surface area contributed by atoms with E-state index in [1.807, 2.05) is 24.3 Å². The number of fused-ring (bicyclic) bond motifs is 1. The van der Waals surface area contributed by atoms with Crippen LogP contribution in [0.5, 0.6) is 0 Å². The maximum Gasteiger partial charge on any atom is 0.240 e. The van der Waals surface area contributed by atoms with Crippen molar-refractivity contribution in [2.24, 2.45) is 11.0 Å². The summed E-state index contributed by atoms with van der Waals surface area (Å²) in [4.78, 5) is 12.2. The van der Waals surface area contributed by atoms with E-state index in [9.17, 15) is 4.79 Å². The lowest BCUT2D eigenvalue weighted by atomic mass is 9.77. The molecule has 1 aliphatic heterocycles. The van der Waals surface area contributed by atoms with E-state index in [0.717, 1.165) is 25.0 Å². The van der Waals surface area contributed by atoms with E-state index in [-0.39, 0.29) is 17.9 Å². The van der Waals surface area contributed by atoms with Gasteiger partial charge >= 0.3 is 0 Å². The molecule has 0 bridgehead atoms. The van der Waals surface area contributed by atoms with E-state index >= 15 is 0 Å². The summed E-state index contributed by atoms with van der Waals surface area (Å²) in [6, 6.07) is 20.7. The minimum atomic E-state index is 0.00909. The van der Waals surface area contributed by atoms with Gasteiger partial charge in [0.15, 0.2) is 0 Å². The fourth-order valence-electron chi connectivity index (χ4n) is 4.00. The predicted octanol–water partition coefficient (Wildman–Crippen LogP) is 4.83. The molecule has 2 aromatic carbocycles. The molecule has 0 N–H and O–H groups in total. The first kappa shape index (κ1) is 15.8. The van der Waals surface area contributed by atoms with Crippen molar-refractivity contribution in [1.82, 2.24) is 5.01 Å². The summed E-state index contributed by atoms with van der Waals surface area (Å²) >= 11 is 0. The van der Waals surface area contributed by atoms with Crippen molar-refractivity contribution in [3.63, 3.8) is 0 Å². The highest BCUT2D eigenvalue weighted by Gasteiger charge is 2.42. The van der Waals surface area contributed by atoms with Gasteiger partial charge in [0.05, 0.1) is 11.8 Å². The van der Waals surface area contributed by atoms with Crippen LogP contribution in [0.3, 0.4) is 0 Å². The molecule has 1 saturated carbocycles. The SMILES string of the molecule is CC(=O)N1N=C2/C(=C/c3ccccc3)CCC[C@@H]2[C@H]1c1ccccc1. The number of benzene rings is 2. The molecule has 3 nitrogen and oxygen atoms in total. The largest absolute Gasteiger partial charge is 0.273 e.